The maximum absolute atomic E-state index is 6.48. The van der Waals surface area contributed by atoms with Crippen molar-refractivity contribution in [3.63, 3.8) is 0 Å². The lowest BCUT2D eigenvalue weighted by atomic mass is 9.61. The summed E-state index contributed by atoms with van der Waals surface area (Å²) in [5.74, 6) is 1.49. The lowest BCUT2D eigenvalue weighted by molar-refractivity contribution is -0.293. The van der Waals surface area contributed by atoms with E-state index < -0.39 is 0 Å². The number of nitrogens with zero attached hydrogens (tertiary/aromatic N) is 2. The lowest BCUT2D eigenvalue weighted by Crippen LogP contribution is -2.66. The Bertz CT molecular complexity index is 519. The fraction of sp³-hybridized carbons (Fsp3) is 1.00. The molecular weight excluding hydrogens is 368 g/mol. The van der Waals surface area contributed by atoms with E-state index in [1.54, 1.807) is 0 Å². The van der Waals surface area contributed by atoms with Gasteiger partial charge in [-0.25, -0.2) is 0 Å². The molecule has 1 atom stereocenters. The third-order valence-corrected chi connectivity index (χ3v) is 8.66. The van der Waals surface area contributed by atoms with Gasteiger partial charge in [0.25, 0.3) is 0 Å². The van der Waals surface area contributed by atoms with E-state index in [4.69, 9.17) is 4.84 Å². The third-order valence-electron chi connectivity index (χ3n) is 8.66. The van der Waals surface area contributed by atoms with Gasteiger partial charge in [0, 0.05) is 22.2 Å². The maximum atomic E-state index is 6.48. The molecule has 1 unspecified atom stereocenters. The van der Waals surface area contributed by atoms with Crippen molar-refractivity contribution in [3.8, 4) is 0 Å². The van der Waals surface area contributed by atoms with E-state index in [1.807, 2.05) is 0 Å². The minimum absolute atomic E-state index is 0.0796. The Hall–Kier alpha value is -0.120. The highest BCUT2D eigenvalue weighted by molar-refractivity contribution is 5.06. The Morgan fingerprint density at radius 1 is 0.767 bits per heavy atom. The van der Waals surface area contributed by atoms with Gasteiger partial charge in [0.05, 0.1) is 6.61 Å². The summed E-state index contributed by atoms with van der Waals surface area (Å²) >= 11 is 0. The van der Waals surface area contributed by atoms with Crippen molar-refractivity contribution in [2.75, 3.05) is 13.7 Å². The van der Waals surface area contributed by atoms with E-state index in [-0.39, 0.29) is 16.6 Å². The molecule has 0 aliphatic carbocycles. The minimum atomic E-state index is 0.0796. The van der Waals surface area contributed by atoms with Crippen LogP contribution in [0.5, 0.6) is 0 Å². The first-order chi connectivity index (χ1) is 13.8. The van der Waals surface area contributed by atoms with E-state index in [9.17, 15) is 0 Å². The fourth-order valence-electron chi connectivity index (χ4n) is 6.88. The average molecular weight is 423 g/mol. The van der Waals surface area contributed by atoms with Crippen LogP contribution in [0, 0.1) is 11.8 Å². The van der Waals surface area contributed by atoms with Gasteiger partial charge in [-0.3, -0.25) is 9.74 Å². The number of likely N-dealkylation sites (tertiary alicyclic amines) is 1. The zero-order valence-electron chi connectivity index (χ0n) is 22.2. The summed E-state index contributed by atoms with van der Waals surface area (Å²) in [6, 6.07) is 0. The number of rotatable bonds is 9. The van der Waals surface area contributed by atoms with Crippen LogP contribution in [0.2, 0.25) is 0 Å². The Morgan fingerprint density at radius 3 is 1.87 bits per heavy atom. The molecule has 0 saturated carbocycles. The van der Waals surface area contributed by atoms with Crippen molar-refractivity contribution in [1.82, 2.24) is 9.96 Å². The summed E-state index contributed by atoms with van der Waals surface area (Å²) in [4.78, 5) is 9.15. The third kappa shape index (κ3) is 5.81. The zero-order valence-corrected chi connectivity index (χ0v) is 22.2. The molecule has 2 saturated heterocycles. The fourth-order valence-corrected chi connectivity index (χ4v) is 6.88. The first-order valence-corrected chi connectivity index (χ1v) is 12.9. The highest BCUT2D eigenvalue weighted by Gasteiger charge is 2.53. The van der Waals surface area contributed by atoms with Gasteiger partial charge in [-0.05, 0) is 106 Å². The van der Waals surface area contributed by atoms with E-state index in [0.717, 1.165) is 18.4 Å². The monoisotopic (exact) mass is 422 g/mol. The van der Waals surface area contributed by atoms with E-state index in [2.05, 4.69) is 79.3 Å². The molecule has 0 aromatic rings. The summed E-state index contributed by atoms with van der Waals surface area (Å²) in [6.45, 7) is 22.6. The van der Waals surface area contributed by atoms with Gasteiger partial charge in [0.15, 0.2) is 0 Å². The van der Waals surface area contributed by atoms with Crippen LogP contribution in [-0.2, 0) is 4.84 Å². The minimum Gasteiger partial charge on any atom is -0.298 e. The predicted octanol–water partition coefficient (Wildman–Crippen LogP) is 7.45. The number of hydrogen-bond donors (Lipinski definition) is 0. The highest BCUT2D eigenvalue weighted by Crippen LogP contribution is 2.51. The molecule has 2 aliphatic heterocycles. The molecule has 2 fully saturated rings. The van der Waals surface area contributed by atoms with Gasteiger partial charge in [0.2, 0.25) is 0 Å². The molecule has 0 N–H and O–H groups in total. The largest absolute Gasteiger partial charge is 0.298 e. The molecule has 3 heteroatoms. The van der Waals surface area contributed by atoms with Crippen LogP contribution < -0.4 is 0 Å². The molecule has 178 valence electrons. The molecule has 0 amide bonds. The Morgan fingerprint density at radius 2 is 1.30 bits per heavy atom. The van der Waals surface area contributed by atoms with Crippen LogP contribution in [0.15, 0.2) is 0 Å². The first-order valence-electron chi connectivity index (χ1n) is 12.9. The molecule has 0 radical (unpaired) electrons. The smallest absolute Gasteiger partial charge is 0.0685 e. The van der Waals surface area contributed by atoms with Crippen LogP contribution in [0.4, 0.5) is 0 Å². The Labute approximate surface area is 189 Å². The molecule has 0 aromatic carbocycles. The van der Waals surface area contributed by atoms with Gasteiger partial charge in [-0.1, -0.05) is 39.0 Å². The van der Waals surface area contributed by atoms with Crippen LogP contribution in [-0.4, -0.2) is 45.8 Å². The molecule has 30 heavy (non-hydrogen) atoms. The first kappa shape index (κ1) is 26.1. The highest BCUT2D eigenvalue weighted by atomic mass is 16.7. The second-order valence-corrected chi connectivity index (χ2v) is 12.9. The van der Waals surface area contributed by atoms with Gasteiger partial charge < -0.3 is 0 Å². The second-order valence-electron chi connectivity index (χ2n) is 12.9. The van der Waals surface area contributed by atoms with E-state index in [0.29, 0.717) is 5.54 Å². The zero-order chi connectivity index (χ0) is 22.8. The predicted molar refractivity (Wildman–Crippen MR) is 131 cm³/mol. The number of unbranched alkanes of at least 4 members (excludes halogenated alkanes) is 5. The Balaban J connectivity index is 2.00. The normalized spacial score (nSPS) is 29.2. The average Bonchev–Trinajstić information content (AvgIpc) is 2.60. The molecule has 2 rings (SSSR count). The van der Waals surface area contributed by atoms with Crippen molar-refractivity contribution in [2.45, 2.75) is 149 Å². The van der Waals surface area contributed by atoms with Gasteiger partial charge in [0.1, 0.15) is 0 Å². The van der Waals surface area contributed by atoms with Crippen LogP contribution >= 0.6 is 0 Å². The molecule has 0 spiro atoms. The van der Waals surface area contributed by atoms with Crippen LogP contribution in [0.3, 0.4) is 0 Å². The molecule has 3 nitrogen and oxygen atoms in total. The molecule has 2 aliphatic rings. The maximum Gasteiger partial charge on any atom is 0.0685 e. The standard InChI is InChI=1S/C27H54N2O/c1-11-12-13-14-15-16-19-30-29-25(4,5)20-22(21-26(29,6)7)23-17-18-24(2,3)28(10)27(23,8)9/h22-23H,11-21H2,1-10H3. The lowest BCUT2D eigenvalue weighted by Gasteiger charge is -2.61. The number of hydroxylamine groups is 2. The van der Waals surface area contributed by atoms with Crippen molar-refractivity contribution in [3.05, 3.63) is 0 Å². The van der Waals surface area contributed by atoms with E-state index >= 15 is 0 Å². The quantitative estimate of drug-likeness (QED) is 0.359. The van der Waals surface area contributed by atoms with Crippen molar-refractivity contribution >= 4 is 0 Å². The van der Waals surface area contributed by atoms with Crippen molar-refractivity contribution < 1.29 is 4.84 Å². The van der Waals surface area contributed by atoms with Crippen molar-refractivity contribution in [1.29, 1.82) is 0 Å². The molecule has 2 heterocycles. The summed E-state index contributed by atoms with van der Waals surface area (Å²) in [5, 5.41) is 2.38. The second kappa shape index (κ2) is 9.79. The topological polar surface area (TPSA) is 15.7 Å². The summed E-state index contributed by atoms with van der Waals surface area (Å²) < 4.78 is 0. The molecule has 0 aromatic heterocycles. The molecular formula is C27H54N2O. The van der Waals surface area contributed by atoms with E-state index in [1.165, 1.54) is 64.2 Å². The van der Waals surface area contributed by atoms with Gasteiger partial charge in [-0.2, -0.15) is 5.06 Å². The van der Waals surface area contributed by atoms with Crippen LogP contribution in [0.1, 0.15) is 127 Å². The number of hydrogen-bond acceptors (Lipinski definition) is 3. The van der Waals surface area contributed by atoms with Gasteiger partial charge in [-0.15, -0.1) is 0 Å². The summed E-state index contributed by atoms with van der Waals surface area (Å²) in [6.07, 6.45) is 13.0. The molecule has 0 bridgehead atoms. The van der Waals surface area contributed by atoms with Crippen molar-refractivity contribution in [2.24, 2.45) is 11.8 Å². The number of piperidine rings is 2. The SMILES string of the molecule is CCCCCCCCON1C(C)(C)CC(C2CCC(C)(C)N(C)C2(C)C)CC1(C)C. The van der Waals surface area contributed by atoms with Gasteiger partial charge >= 0.3 is 0 Å². The van der Waals surface area contributed by atoms with Crippen LogP contribution in [0.25, 0.3) is 0 Å². The summed E-state index contributed by atoms with van der Waals surface area (Å²) in [5.41, 5.74) is 0.693. The summed E-state index contributed by atoms with van der Waals surface area (Å²) in [7, 11) is 2.35. The Kier molecular flexibility index (Phi) is 8.53.